The van der Waals surface area contributed by atoms with E-state index in [1.165, 1.54) is 0 Å². The number of rotatable bonds is 0. The van der Waals surface area contributed by atoms with Crippen molar-refractivity contribution in [3.05, 3.63) is 70.8 Å². The molecular formula is C18H10Br2O3. The van der Waals surface area contributed by atoms with Crippen molar-refractivity contribution in [3.8, 4) is 0 Å². The highest BCUT2D eigenvalue weighted by atomic mass is 79.9. The number of carbonyl (C=O) groups is 2. The molecule has 2 aromatic rings. The van der Waals surface area contributed by atoms with Gasteiger partial charge in [0.1, 0.15) is 0 Å². The summed E-state index contributed by atoms with van der Waals surface area (Å²) >= 11 is 7.71. The molecule has 1 fully saturated rings. The second-order valence-electron chi connectivity index (χ2n) is 6.21. The lowest BCUT2D eigenvalue weighted by molar-refractivity contribution is -0.153. The van der Waals surface area contributed by atoms with Crippen LogP contribution in [0.1, 0.15) is 22.3 Å². The smallest absolute Gasteiger partial charge is 0.319 e. The molecule has 0 amide bonds. The van der Waals surface area contributed by atoms with Crippen LogP contribution in [0.2, 0.25) is 0 Å². The monoisotopic (exact) mass is 432 g/mol. The van der Waals surface area contributed by atoms with E-state index in [2.05, 4.69) is 31.9 Å². The highest BCUT2D eigenvalue weighted by Crippen LogP contribution is 2.70. The van der Waals surface area contributed by atoms with Crippen LogP contribution in [0.5, 0.6) is 0 Å². The average Bonchev–Trinajstić information content (AvgIpc) is 2.88. The molecule has 0 spiro atoms. The van der Waals surface area contributed by atoms with Crippen LogP contribution in [0.3, 0.4) is 0 Å². The summed E-state index contributed by atoms with van der Waals surface area (Å²) in [6.45, 7) is 0. The minimum absolute atomic E-state index is 0.454. The zero-order chi connectivity index (χ0) is 16.0. The van der Waals surface area contributed by atoms with Crippen molar-refractivity contribution in [2.45, 2.75) is 8.65 Å². The number of carbonyl (C=O) groups excluding carboxylic acids is 2. The Labute approximate surface area is 149 Å². The summed E-state index contributed by atoms with van der Waals surface area (Å²) in [7, 11) is 0. The minimum atomic E-state index is -0.733. The molecule has 1 heterocycles. The third-order valence-corrected chi connectivity index (χ3v) is 8.02. The summed E-state index contributed by atoms with van der Waals surface area (Å²) < 4.78 is 3.58. The van der Waals surface area contributed by atoms with E-state index in [1.807, 2.05) is 48.5 Å². The van der Waals surface area contributed by atoms with Crippen molar-refractivity contribution in [3.63, 3.8) is 0 Å². The highest BCUT2D eigenvalue weighted by molar-refractivity contribution is 9.10. The van der Waals surface area contributed by atoms with Crippen molar-refractivity contribution in [1.29, 1.82) is 0 Å². The van der Waals surface area contributed by atoms with Crippen molar-refractivity contribution >= 4 is 43.8 Å². The Morgan fingerprint density at radius 3 is 1.30 bits per heavy atom. The van der Waals surface area contributed by atoms with Gasteiger partial charge in [-0.3, -0.25) is 9.59 Å². The van der Waals surface area contributed by atoms with Gasteiger partial charge in [-0.2, -0.15) is 0 Å². The zero-order valence-electron chi connectivity index (χ0n) is 11.8. The molecule has 2 atom stereocenters. The SMILES string of the molecule is O=C1OC(=O)[C@@H]2[C@@H]1C1(Br)c3ccccc3C2(Br)c2ccccc21. The number of benzene rings is 2. The van der Waals surface area contributed by atoms with Gasteiger partial charge in [-0.15, -0.1) is 0 Å². The number of ether oxygens (including phenoxy) is 1. The van der Waals surface area contributed by atoms with Crippen molar-refractivity contribution in [2.75, 3.05) is 0 Å². The first-order valence-corrected chi connectivity index (χ1v) is 8.92. The van der Waals surface area contributed by atoms with Crippen molar-refractivity contribution < 1.29 is 14.3 Å². The Morgan fingerprint density at radius 2 is 1.00 bits per heavy atom. The lowest BCUT2D eigenvalue weighted by Gasteiger charge is -2.54. The Morgan fingerprint density at radius 1 is 0.696 bits per heavy atom. The standard InChI is InChI=1S/C18H10Br2O3/c19-17-9-5-1-2-6-10(9)18(20,12-8-4-3-7-11(12)17)14-13(17)15(21)23-16(14)22/h1-8,13-14H/t13-,14-,17?,18?/m0/s1. The quantitative estimate of drug-likeness (QED) is 0.362. The van der Waals surface area contributed by atoms with E-state index >= 15 is 0 Å². The van der Waals surface area contributed by atoms with Gasteiger partial charge in [0.2, 0.25) is 0 Å². The minimum Gasteiger partial charge on any atom is -0.393 e. The zero-order valence-corrected chi connectivity index (χ0v) is 14.9. The summed E-state index contributed by atoms with van der Waals surface area (Å²) in [5.74, 6) is -2.05. The molecule has 2 aromatic carbocycles. The normalized spacial score (nSPS) is 36.3. The average molecular weight is 434 g/mol. The van der Waals surface area contributed by atoms with Crippen LogP contribution in [-0.2, 0) is 23.0 Å². The maximum atomic E-state index is 12.5. The van der Waals surface area contributed by atoms with E-state index in [0.717, 1.165) is 22.3 Å². The predicted molar refractivity (Wildman–Crippen MR) is 90.4 cm³/mol. The molecule has 0 N–H and O–H groups in total. The fourth-order valence-electron chi connectivity index (χ4n) is 4.48. The molecule has 0 saturated carbocycles. The Bertz CT molecular complexity index is 785. The molecule has 3 nitrogen and oxygen atoms in total. The third kappa shape index (κ3) is 1.34. The van der Waals surface area contributed by atoms with Crippen LogP contribution in [0, 0.1) is 11.8 Å². The fourth-order valence-corrected chi connectivity index (χ4v) is 6.76. The van der Waals surface area contributed by atoms with Crippen LogP contribution >= 0.6 is 31.9 Å². The second-order valence-corrected chi connectivity index (χ2v) is 8.71. The highest BCUT2D eigenvalue weighted by Gasteiger charge is 2.72. The van der Waals surface area contributed by atoms with E-state index in [1.54, 1.807) is 0 Å². The maximum Gasteiger partial charge on any atom is 0.319 e. The lowest BCUT2D eigenvalue weighted by atomic mass is 9.54. The van der Waals surface area contributed by atoms with Crippen LogP contribution in [-0.4, -0.2) is 11.9 Å². The molecule has 1 aliphatic heterocycles. The second kappa shape index (κ2) is 4.14. The molecular weight excluding hydrogens is 424 g/mol. The third-order valence-electron chi connectivity index (χ3n) is 5.32. The van der Waals surface area contributed by atoms with Crippen LogP contribution in [0.15, 0.2) is 48.5 Å². The molecule has 1 saturated heterocycles. The molecule has 2 bridgehead atoms. The summed E-state index contributed by atoms with van der Waals surface area (Å²) in [4.78, 5) is 25.0. The topological polar surface area (TPSA) is 43.4 Å². The molecule has 3 aliphatic carbocycles. The lowest BCUT2D eigenvalue weighted by Crippen LogP contribution is -2.56. The largest absolute Gasteiger partial charge is 0.393 e. The number of cyclic esters (lactones) is 2. The van der Waals surface area contributed by atoms with Gasteiger partial charge in [0, 0.05) is 0 Å². The molecule has 0 radical (unpaired) electrons. The van der Waals surface area contributed by atoms with Crippen LogP contribution in [0.25, 0.3) is 0 Å². The van der Waals surface area contributed by atoms with Gasteiger partial charge >= 0.3 is 11.9 Å². The first-order valence-electron chi connectivity index (χ1n) is 7.34. The van der Waals surface area contributed by atoms with E-state index in [4.69, 9.17) is 4.74 Å². The number of hydrogen-bond donors (Lipinski definition) is 0. The van der Waals surface area contributed by atoms with Gasteiger partial charge in [-0.1, -0.05) is 80.4 Å². The number of esters is 2. The van der Waals surface area contributed by atoms with Gasteiger partial charge in [-0.25, -0.2) is 0 Å². The molecule has 23 heavy (non-hydrogen) atoms. The molecule has 114 valence electrons. The van der Waals surface area contributed by atoms with Gasteiger partial charge in [0.15, 0.2) is 0 Å². The molecule has 0 unspecified atom stereocenters. The van der Waals surface area contributed by atoms with Crippen molar-refractivity contribution in [1.82, 2.24) is 0 Å². The Kier molecular flexibility index (Phi) is 2.51. The Balaban J connectivity index is 1.99. The van der Waals surface area contributed by atoms with Gasteiger partial charge < -0.3 is 4.74 Å². The predicted octanol–water partition coefficient (Wildman–Crippen LogP) is 3.61. The van der Waals surface area contributed by atoms with E-state index < -0.39 is 32.4 Å². The summed E-state index contributed by atoms with van der Waals surface area (Å²) in [5, 5.41) is 0. The van der Waals surface area contributed by atoms with Crippen LogP contribution in [0.4, 0.5) is 0 Å². The first kappa shape index (κ1) is 13.9. The number of alkyl halides is 2. The van der Waals surface area contributed by atoms with Gasteiger partial charge in [0.25, 0.3) is 0 Å². The van der Waals surface area contributed by atoms with Crippen molar-refractivity contribution in [2.24, 2.45) is 11.8 Å². The van der Waals surface area contributed by atoms with E-state index in [9.17, 15) is 9.59 Å². The number of hydrogen-bond acceptors (Lipinski definition) is 3. The molecule has 0 aromatic heterocycles. The van der Waals surface area contributed by atoms with Crippen LogP contribution < -0.4 is 0 Å². The molecule has 5 heteroatoms. The summed E-state index contributed by atoms with van der Waals surface area (Å²) in [5.41, 5.74) is 4.07. The Hall–Kier alpha value is -1.46. The molecule has 4 aliphatic rings. The number of halogens is 2. The first-order chi connectivity index (χ1) is 11.0. The van der Waals surface area contributed by atoms with E-state index in [0.29, 0.717) is 0 Å². The maximum absolute atomic E-state index is 12.5. The van der Waals surface area contributed by atoms with E-state index in [-0.39, 0.29) is 0 Å². The fraction of sp³-hybridized carbons (Fsp3) is 0.222. The summed E-state index contributed by atoms with van der Waals surface area (Å²) in [6.07, 6.45) is 0. The molecule has 6 rings (SSSR count). The van der Waals surface area contributed by atoms with Gasteiger partial charge in [0.05, 0.1) is 20.5 Å². The summed E-state index contributed by atoms with van der Waals surface area (Å²) in [6, 6.07) is 15.9. The van der Waals surface area contributed by atoms with Gasteiger partial charge in [-0.05, 0) is 22.3 Å².